The van der Waals surface area contributed by atoms with Gasteiger partial charge in [0.15, 0.2) is 0 Å². The van der Waals surface area contributed by atoms with Gasteiger partial charge in [0.2, 0.25) is 0 Å². The van der Waals surface area contributed by atoms with Gasteiger partial charge in [0.05, 0.1) is 0 Å². The van der Waals surface area contributed by atoms with Crippen molar-refractivity contribution in [1.29, 1.82) is 0 Å². The zero-order valence-electron chi connectivity index (χ0n) is 13.0. The second-order valence-electron chi connectivity index (χ2n) is 5.88. The molecule has 4 unspecified atom stereocenters. The number of nitrogens with one attached hydrogen (secondary N) is 2. The van der Waals surface area contributed by atoms with Crippen LogP contribution in [0.5, 0.6) is 0 Å². The molecule has 0 bridgehead atoms. The van der Waals surface area contributed by atoms with Crippen molar-refractivity contribution in [2.75, 3.05) is 13.2 Å². The van der Waals surface area contributed by atoms with Gasteiger partial charge in [-0.15, -0.1) is 23.2 Å². The highest BCUT2D eigenvalue weighted by atomic mass is 35.5. The Bertz CT molecular complexity index is 295. The van der Waals surface area contributed by atoms with E-state index in [9.17, 15) is 0 Å². The monoisotopic (exact) mass is 354 g/mol. The van der Waals surface area contributed by atoms with Gasteiger partial charge in [0.1, 0.15) is 0 Å². The highest BCUT2D eigenvalue weighted by Gasteiger charge is 2.46. The summed E-state index contributed by atoms with van der Waals surface area (Å²) in [6.07, 6.45) is 6.61. The molecule has 2 rings (SSSR count). The Balaban J connectivity index is 2.07. The fraction of sp³-hybridized carbons (Fsp3) is 1.00. The molecule has 2 fully saturated rings. The molecule has 0 amide bonds. The molecule has 0 heterocycles. The van der Waals surface area contributed by atoms with E-state index in [1.54, 1.807) is 0 Å². The van der Waals surface area contributed by atoms with Crippen molar-refractivity contribution in [3.8, 4) is 0 Å². The minimum absolute atomic E-state index is 0.162. The predicted molar refractivity (Wildman–Crippen MR) is 89.8 cm³/mol. The highest BCUT2D eigenvalue weighted by Crippen LogP contribution is 2.28. The molecular weight excluding hydrogens is 327 g/mol. The molecular formula is C14H28Cl2N2O2Si. The van der Waals surface area contributed by atoms with Crippen LogP contribution in [0, 0.1) is 0 Å². The van der Waals surface area contributed by atoms with Crippen molar-refractivity contribution in [3.63, 3.8) is 0 Å². The molecule has 2 aliphatic rings. The molecule has 21 heavy (non-hydrogen) atoms. The molecule has 2 aliphatic carbocycles. The molecule has 0 aromatic rings. The van der Waals surface area contributed by atoms with E-state index in [0.717, 1.165) is 38.5 Å². The second kappa shape index (κ2) is 8.48. The molecule has 0 aromatic heterocycles. The molecule has 7 heteroatoms. The van der Waals surface area contributed by atoms with E-state index in [1.807, 2.05) is 13.8 Å². The van der Waals surface area contributed by atoms with Gasteiger partial charge in [0, 0.05) is 36.1 Å². The van der Waals surface area contributed by atoms with Gasteiger partial charge in [0.25, 0.3) is 0 Å². The number of hydrogen-bond donors (Lipinski definition) is 2. The summed E-state index contributed by atoms with van der Waals surface area (Å²) in [4.78, 5) is 7.24. The first-order chi connectivity index (χ1) is 10.1. The van der Waals surface area contributed by atoms with Gasteiger partial charge in [-0.1, -0.05) is 12.8 Å². The number of halogens is 2. The minimum Gasteiger partial charge on any atom is -0.371 e. The van der Waals surface area contributed by atoms with Crippen molar-refractivity contribution in [2.24, 2.45) is 0 Å². The van der Waals surface area contributed by atoms with E-state index in [0.29, 0.717) is 13.2 Å². The van der Waals surface area contributed by atoms with Crippen molar-refractivity contribution >= 4 is 32.1 Å². The maximum Gasteiger partial charge on any atom is 0.517 e. The largest absolute Gasteiger partial charge is 0.517 e. The fourth-order valence-electron chi connectivity index (χ4n) is 3.30. The molecule has 0 spiro atoms. The summed E-state index contributed by atoms with van der Waals surface area (Å²) in [7, 11) is -2.68. The van der Waals surface area contributed by atoms with Gasteiger partial charge in [-0.25, -0.2) is 0 Å². The smallest absolute Gasteiger partial charge is 0.371 e. The van der Waals surface area contributed by atoms with E-state index in [-0.39, 0.29) is 22.8 Å². The van der Waals surface area contributed by atoms with Crippen LogP contribution in [0.2, 0.25) is 0 Å². The summed E-state index contributed by atoms with van der Waals surface area (Å²) in [6.45, 7) is 5.24. The maximum absolute atomic E-state index is 6.42. The SMILES string of the molecule is CCO[Si](NC1CCCC1Cl)(NC1CCCC1Cl)OCC. The summed E-state index contributed by atoms with van der Waals surface area (Å²) >= 11 is 12.8. The molecule has 0 saturated heterocycles. The van der Waals surface area contributed by atoms with Crippen LogP contribution in [0.25, 0.3) is 0 Å². The Hall–Kier alpha value is 0.637. The third-order valence-corrected chi connectivity index (χ3v) is 8.25. The summed E-state index contributed by atoms with van der Waals surface area (Å²) in [5.41, 5.74) is 0. The van der Waals surface area contributed by atoms with E-state index < -0.39 is 8.88 Å². The molecule has 4 atom stereocenters. The molecule has 0 aromatic carbocycles. The van der Waals surface area contributed by atoms with Crippen LogP contribution in [-0.4, -0.2) is 44.9 Å². The van der Waals surface area contributed by atoms with Crippen molar-refractivity contribution in [1.82, 2.24) is 9.96 Å². The first-order valence-electron chi connectivity index (χ1n) is 8.21. The average Bonchev–Trinajstić information content (AvgIpc) is 3.01. The van der Waals surface area contributed by atoms with E-state index in [4.69, 9.17) is 32.1 Å². The second-order valence-corrected chi connectivity index (χ2v) is 9.39. The van der Waals surface area contributed by atoms with Crippen molar-refractivity contribution in [3.05, 3.63) is 0 Å². The summed E-state index contributed by atoms with van der Waals surface area (Å²) in [6, 6.07) is 0.526. The first kappa shape index (κ1) is 18.0. The maximum atomic E-state index is 6.42. The number of rotatable bonds is 8. The molecule has 0 radical (unpaired) electrons. The van der Waals surface area contributed by atoms with E-state index in [2.05, 4.69) is 9.96 Å². The van der Waals surface area contributed by atoms with Gasteiger partial charge in [-0.05, 0) is 39.5 Å². The molecule has 124 valence electrons. The van der Waals surface area contributed by atoms with Crippen LogP contribution >= 0.6 is 23.2 Å². The predicted octanol–water partition coefficient (Wildman–Crippen LogP) is 2.99. The zero-order valence-corrected chi connectivity index (χ0v) is 15.6. The van der Waals surface area contributed by atoms with E-state index in [1.165, 1.54) is 0 Å². The zero-order chi connectivity index (χ0) is 15.3. The summed E-state index contributed by atoms with van der Waals surface area (Å²) in [5.74, 6) is 0. The normalized spacial score (nSPS) is 33.7. The van der Waals surface area contributed by atoms with Gasteiger partial charge < -0.3 is 8.85 Å². The standard InChI is InChI=1S/C14H28Cl2N2O2Si/c1-3-19-21(20-4-2,17-13-9-5-7-11(13)15)18-14-10-6-8-12(14)16/h11-14,17-18H,3-10H2,1-2H3. The quantitative estimate of drug-likeness (QED) is 0.519. The molecule has 2 N–H and O–H groups in total. The number of alkyl halides is 2. The topological polar surface area (TPSA) is 42.5 Å². The van der Waals surface area contributed by atoms with E-state index >= 15 is 0 Å². The third kappa shape index (κ3) is 4.80. The van der Waals surface area contributed by atoms with Gasteiger partial charge >= 0.3 is 8.88 Å². The molecule has 0 aliphatic heterocycles. The van der Waals surface area contributed by atoms with Crippen LogP contribution in [0.3, 0.4) is 0 Å². The Morgan fingerprint density at radius 2 is 1.29 bits per heavy atom. The van der Waals surface area contributed by atoms with Crippen molar-refractivity contribution in [2.45, 2.75) is 75.2 Å². The van der Waals surface area contributed by atoms with Crippen LogP contribution in [0.1, 0.15) is 52.4 Å². The summed E-state index contributed by atoms with van der Waals surface area (Å²) in [5, 5.41) is 0.324. The lowest BCUT2D eigenvalue weighted by Gasteiger charge is -2.36. The van der Waals surface area contributed by atoms with Crippen LogP contribution in [-0.2, 0) is 8.85 Å². The third-order valence-electron chi connectivity index (χ3n) is 4.31. The number of hydrogen-bond acceptors (Lipinski definition) is 4. The van der Waals surface area contributed by atoms with Gasteiger partial charge in [-0.3, -0.25) is 9.96 Å². The molecule has 2 saturated carbocycles. The Morgan fingerprint density at radius 3 is 1.57 bits per heavy atom. The summed E-state index contributed by atoms with van der Waals surface area (Å²) < 4.78 is 12.1. The lowest BCUT2D eigenvalue weighted by atomic mass is 10.3. The average molecular weight is 355 g/mol. The Labute approximate surface area is 139 Å². The Morgan fingerprint density at radius 1 is 0.857 bits per heavy atom. The minimum atomic E-state index is -2.68. The van der Waals surface area contributed by atoms with Crippen LogP contribution in [0.15, 0.2) is 0 Å². The Kier molecular flexibility index (Phi) is 7.26. The van der Waals surface area contributed by atoms with Gasteiger partial charge in [-0.2, -0.15) is 0 Å². The lowest BCUT2D eigenvalue weighted by Crippen LogP contribution is -2.72. The van der Waals surface area contributed by atoms with Crippen LogP contribution < -0.4 is 9.96 Å². The first-order valence-corrected chi connectivity index (χ1v) is 10.9. The highest BCUT2D eigenvalue weighted by molar-refractivity contribution is 6.62. The lowest BCUT2D eigenvalue weighted by molar-refractivity contribution is 0.150. The molecule has 4 nitrogen and oxygen atoms in total. The fourth-order valence-corrected chi connectivity index (χ4v) is 7.18. The van der Waals surface area contributed by atoms with Crippen LogP contribution in [0.4, 0.5) is 0 Å². The van der Waals surface area contributed by atoms with Crippen molar-refractivity contribution < 1.29 is 8.85 Å².